The largest absolute Gasteiger partial charge is 0.383 e. The fraction of sp³-hybridized carbons (Fsp3) is 0.407. The van der Waals surface area contributed by atoms with Crippen molar-refractivity contribution in [2.24, 2.45) is 5.92 Å². The van der Waals surface area contributed by atoms with Crippen molar-refractivity contribution >= 4 is 34.3 Å². The van der Waals surface area contributed by atoms with E-state index in [0.29, 0.717) is 36.2 Å². The number of amides is 2. The molecule has 0 atom stereocenters. The SMILES string of the molecule is COCCn1cc(C(=O)NC2CCC(CN3Cc4ccccc4C3=O)CC2)c2cc(Cl)ccc21. The number of carbonyl (C=O) groups excluding carboxylic acids is 2. The van der Waals surface area contributed by atoms with E-state index in [-0.39, 0.29) is 17.9 Å². The molecule has 2 aliphatic rings. The molecule has 2 amide bonds. The number of benzene rings is 2. The van der Waals surface area contributed by atoms with Crippen LogP contribution in [0.2, 0.25) is 5.02 Å². The van der Waals surface area contributed by atoms with Crippen LogP contribution in [0.5, 0.6) is 0 Å². The molecular weight excluding hydrogens is 450 g/mol. The first-order chi connectivity index (χ1) is 16.5. The summed E-state index contributed by atoms with van der Waals surface area (Å²) in [7, 11) is 1.67. The highest BCUT2D eigenvalue weighted by molar-refractivity contribution is 6.31. The van der Waals surface area contributed by atoms with Gasteiger partial charge < -0.3 is 19.5 Å². The van der Waals surface area contributed by atoms with Crippen molar-refractivity contribution in [3.05, 3.63) is 70.4 Å². The highest BCUT2D eigenvalue weighted by Crippen LogP contribution is 2.30. The number of methoxy groups -OCH3 is 1. The first-order valence-electron chi connectivity index (χ1n) is 12.0. The van der Waals surface area contributed by atoms with Gasteiger partial charge in [-0.05, 0) is 61.4 Å². The minimum Gasteiger partial charge on any atom is -0.383 e. The van der Waals surface area contributed by atoms with Crippen molar-refractivity contribution in [3.63, 3.8) is 0 Å². The summed E-state index contributed by atoms with van der Waals surface area (Å²) in [4.78, 5) is 27.9. The number of nitrogens with zero attached hydrogens (tertiary/aromatic N) is 2. The van der Waals surface area contributed by atoms with Crippen molar-refractivity contribution in [1.82, 2.24) is 14.8 Å². The van der Waals surface area contributed by atoms with Crippen molar-refractivity contribution in [2.45, 2.75) is 44.8 Å². The summed E-state index contributed by atoms with van der Waals surface area (Å²) < 4.78 is 7.27. The second kappa shape index (κ2) is 9.80. The molecule has 3 aromatic rings. The third kappa shape index (κ3) is 4.57. The Morgan fingerprint density at radius 1 is 1.15 bits per heavy atom. The lowest BCUT2D eigenvalue weighted by Gasteiger charge is -2.31. The molecule has 1 aliphatic carbocycles. The van der Waals surface area contributed by atoms with Gasteiger partial charge in [-0.3, -0.25) is 9.59 Å². The molecule has 1 aliphatic heterocycles. The Bertz CT molecular complexity index is 1210. The van der Waals surface area contributed by atoms with E-state index in [9.17, 15) is 9.59 Å². The van der Waals surface area contributed by atoms with E-state index in [1.165, 1.54) is 0 Å². The lowest BCUT2D eigenvalue weighted by molar-refractivity contribution is 0.0732. The molecule has 1 aromatic heterocycles. The minimum atomic E-state index is -0.0583. The van der Waals surface area contributed by atoms with Crippen molar-refractivity contribution < 1.29 is 14.3 Å². The van der Waals surface area contributed by atoms with Gasteiger partial charge in [-0.15, -0.1) is 0 Å². The standard InChI is InChI=1S/C27H30ClN3O3/c1-34-13-12-30-17-24(23-14-20(28)8-11-25(23)30)26(32)29-21-9-6-18(7-10-21)15-31-16-19-4-2-3-5-22(19)27(31)33/h2-5,8,11,14,17-18,21H,6-7,9-10,12-13,15-16H2,1H3,(H,29,32). The Morgan fingerprint density at radius 2 is 1.94 bits per heavy atom. The first kappa shape index (κ1) is 22.9. The summed E-state index contributed by atoms with van der Waals surface area (Å²) in [6.45, 7) is 2.75. The van der Waals surface area contributed by atoms with Crippen molar-refractivity contribution in [2.75, 3.05) is 20.3 Å². The Balaban J connectivity index is 1.19. The van der Waals surface area contributed by atoms with Crippen LogP contribution in [0.25, 0.3) is 10.9 Å². The van der Waals surface area contributed by atoms with Gasteiger partial charge in [0.25, 0.3) is 11.8 Å². The molecule has 1 N–H and O–H groups in total. The third-order valence-electron chi connectivity index (χ3n) is 7.18. The molecule has 178 valence electrons. The first-order valence-corrected chi connectivity index (χ1v) is 12.4. The molecule has 2 heterocycles. The molecule has 6 nitrogen and oxygen atoms in total. The van der Waals surface area contributed by atoms with Crippen molar-refractivity contribution in [1.29, 1.82) is 0 Å². The van der Waals surface area contributed by atoms with Crippen LogP contribution in [0.4, 0.5) is 0 Å². The van der Waals surface area contributed by atoms with Gasteiger partial charge in [0.05, 0.1) is 12.2 Å². The predicted octanol–water partition coefficient (Wildman–Crippen LogP) is 4.89. The molecule has 0 bridgehead atoms. The van der Waals surface area contributed by atoms with Gasteiger partial charge in [-0.25, -0.2) is 0 Å². The number of fused-ring (bicyclic) bond motifs is 2. The third-order valence-corrected chi connectivity index (χ3v) is 7.42. The van der Waals surface area contributed by atoms with Crippen LogP contribution in [-0.4, -0.2) is 47.6 Å². The average Bonchev–Trinajstić information content (AvgIpc) is 3.36. The Labute approximate surface area is 204 Å². The quantitative estimate of drug-likeness (QED) is 0.525. The van der Waals surface area contributed by atoms with Crippen LogP contribution < -0.4 is 5.32 Å². The van der Waals surface area contributed by atoms with Crippen LogP contribution >= 0.6 is 11.6 Å². The number of rotatable bonds is 7. The Hall–Kier alpha value is -2.83. The number of ether oxygens (including phenoxy) is 1. The van der Waals surface area contributed by atoms with E-state index in [1.54, 1.807) is 7.11 Å². The van der Waals surface area contributed by atoms with Crippen LogP contribution in [-0.2, 0) is 17.8 Å². The number of nitrogens with one attached hydrogen (secondary N) is 1. The molecule has 0 saturated heterocycles. The molecule has 34 heavy (non-hydrogen) atoms. The van der Waals surface area contributed by atoms with Gasteiger partial charge in [-0.1, -0.05) is 29.8 Å². The van der Waals surface area contributed by atoms with Gasteiger partial charge in [0, 0.05) is 60.5 Å². The normalized spacial score (nSPS) is 20.1. The van der Waals surface area contributed by atoms with E-state index in [1.807, 2.05) is 58.1 Å². The monoisotopic (exact) mass is 479 g/mol. The maximum Gasteiger partial charge on any atom is 0.254 e. The molecule has 5 rings (SSSR count). The highest BCUT2D eigenvalue weighted by atomic mass is 35.5. The van der Waals surface area contributed by atoms with E-state index < -0.39 is 0 Å². The minimum absolute atomic E-state index is 0.0583. The van der Waals surface area contributed by atoms with Gasteiger partial charge >= 0.3 is 0 Å². The second-order valence-electron chi connectivity index (χ2n) is 9.42. The molecular formula is C27H30ClN3O3. The number of halogens is 1. The highest BCUT2D eigenvalue weighted by Gasteiger charge is 2.31. The van der Waals surface area contributed by atoms with Gasteiger partial charge in [0.1, 0.15) is 0 Å². The van der Waals surface area contributed by atoms with E-state index in [2.05, 4.69) is 5.32 Å². The fourth-order valence-electron chi connectivity index (χ4n) is 5.35. The molecule has 0 radical (unpaired) electrons. The molecule has 0 unspecified atom stereocenters. The number of hydrogen-bond donors (Lipinski definition) is 1. The van der Waals surface area contributed by atoms with E-state index in [0.717, 1.165) is 54.3 Å². The lowest BCUT2D eigenvalue weighted by Crippen LogP contribution is -2.39. The smallest absolute Gasteiger partial charge is 0.254 e. The fourth-order valence-corrected chi connectivity index (χ4v) is 5.52. The van der Waals surface area contributed by atoms with E-state index >= 15 is 0 Å². The second-order valence-corrected chi connectivity index (χ2v) is 9.86. The van der Waals surface area contributed by atoms with Gasteiger partial charge in [0.15, 0.2) is 0 Å². The van der Waals surface area contributed by atoms with E-state index in [4.69, 9.17) is 16.3 Å². The van der Waals surface area contributed by atoms with Crippen LogP contribution in [0.15, 0.2) is 48.7 Å². The Morgan fingerprint density at radius 3 is 2.71 bits per heavy atom. The van der Waals surface area contributed by atoms with Crippen LogP contribution in [0.3, 0.4) is 0 Å². The molecule has 2 aromatic carbocycles. The summed E-state index contributed by atoms with van der Waals surface area (Å²) in [5, 5.41) is 4.72. The molecule has 1 saturated carbocycles. The Kier molecular flexibility index (Phi) is 6.61. The zero-order valence-electron chi connectivity index (χ0n) is 19.4. The maximum atomic E-state index is 13.2. The van der Waals surface area contributed by atoms with Crippen molar-refractivity contribution in [3.8, 4) is 0 Å². The number of aromatic nitrogens is 1. The lowest BCUT2D eigenvalue weighted by atomic mass is 9.85. The van der Waals surface area contributed by atoms with Crippen LogP contribution in [0, 0.1) is 5.92 Å². The number of carbonyl (C=O) groups is 2. The molecule has 1 fully saturated rings. The summed E-state index contributed by atoms with van der Waals surface area (Å²) >= 11 is 6.23. The zero-order chi connectivity index (χ0) is 23.7. The molecule has 0 spiro atoms. The maximum absolute atomic E-state index is 13.2. The summed E-state index contributed by atoms with van der Waals surface area (Å²) in [6, 6.07) is 13.7. The summed E-state index contributed by atoms with van der Waals surface area (Å²) in [6.07, 6.45) is 5.76. The van der Waals surface area contributed by atoms with Gasteiger partial charge in [-0.2, -0.15) is 0 Å². The predicted molar refractivity (Wildman–Crippen MR) is 133 cm³/mol. The van der Waals surface area contributed by atoms with Crippen LogP contribution in [0.1, 0.15) is 52.0 Å². The summed E-state index contributed by atoms with van der Waals surface area (Å²) in [5.41, 5.74) is 3.59. The van der Waals surface area contributed by atoms with Gasteiger partial charge in [0.2, 0.25) is 0 Å². The average molecular weight is 480 g/mol. The topological polar surface area (TPSA) is 63.6 Å². The summed E-state index contributed by atoms with van der Waals surface area (Å²) in [5.74, 6) is 0.563. The number of hydrogen-bond acceptors (Lipinski definition) is 3. The zero-order valence-corrected chi connectivity index (χ0v) is 20.2. The molecule has 7 heteroatoms.